The summed E-state index contributed by atoms with van der Waals surface area (Å²) in [4.78, 5) is 7.48. The van der Waals surface area contributed by atoms with Gasteiger partial charge in [-0.1, -0.05) is 0 Å². The van der Waals surface area contributed by atoms with E-state index in [2.05, 4.69) is 34.6 Å². The van der Waals surface area contributed by atoms with Gasteiger partial charge in [-0.2, -0.15) is 0 Å². The summed E-state index contributed by atoms with van der Waals surface area (Å²) in [5.41, 5.74) is 0. The molecule has 0 bridgehead atoms. The molecular formula is C16H27FN4S. The Balaban J connectivity index is 2.07. The largest absolute Gasteiger partial charge is 0.356 e. The monoisotopic (exact) mass is 326 g/mol. The number of halogens is 1. The van der Waals surface area contributed by atoms with E-state index in [1.54, 1.807) is 18.8 Å². The third-order valence-electron chi connectivity index (χ3n) is 2.99. The van der Waals surface area contributed by atoms with E-state index in [-0.39, 0.29) is 5.82 Å². The Hall–Kier alpha value is -1.27. The lowest BCUT2D eigenvalue weighted by atomic mass is 10.4. The van der Waals surface area contributed by atoms with Crippen LogP contribution in [0.5, 0.6) is 0 Å². The zero-order valence-electron chi connectivity index (χ0n) is 13.7. The zero-order chi connectivity index (χ0) is 16.2. The van der Waals surface area contributed by atoms with Gasteiger partial charge in [0, 0.05) is 25.0 Å². The van der Waals surface area contributed by atoms with Crippen LogP contribution in [0, 0.1) is 5.82 Å². The van der Waals surface area contributed by atoms with Gasteiger partial charge in [-0.15, -0.1) is 11.8 Å². The Kier molecular flexibility index (Phi) is 9.66. The molecule has 0 aliphatic rings. The highest BCUT2D eigenvalue weighted by Crippen LogP contribution is 2.18. The standard InChI is InChI=1S/C16H27FN4S/c1-18-16(19-10-4-12-21(2)3)20-11-5-13-22-15-8-6-14(17)7-9-15/h6-9H,4-5,10-13H2,1-3H3,(H2,18,19,20). The molecule has 1 aromatic rings. The van der Waals surface area contributed by atoms with E-state index in [1.807, 2.05) is 12.1 Å². The van der Waals surface area contributed by atoms with Crippen LogP contribution in [0.2, 0.25) is 0 Å². The van der Waals surface area contributed by atoms with Gasteiger partial charge in [0.05, 0.1) is 0 Å². The van der Waals surface area contributed by atoms with Crippen LogP contribution in [-0.2, 0) is 0 Å². The molecule has 4 nitrogen and oxygen atoms in total. The maximum atomic E-state index is 12.8. The minimum Gasteiger partial charge on any atom is -0.356 e. The molecule has 0 unspecified atom stereocenters. The first-order valence-electron chi connectivity index (χ1n) is 7.59. The SMILES string of the molecule is CN=C(NCCCSc1ccc(F)cc1)NCCCN(C)C. The lowest BCUT2D eigenvalue weighted by Crippen LogP contribution is -2.39. The molecule has 22 heavy (non-hydrogen) atoms. The van der Waals surface area contributed by atoms with E-state index in [0.717, 1.165) is 49.1 Å². The molecule has 0 fully saturated rings. The summed E-state index contributed by atoms with van der Waals surface area (Å²) in [6, 6.07) is 6.64. The van der Waals surface area contributed by atoms with E-state index in [9.17, 15) is 4.39 Å². The van der Waals surface area contributed by atoms with Crippen LogP contribution in [-0.4, -0.2) is 57.4 Å². The summed E-state index contributed by atoms with van der Waals surface area (Å²) in [6.07, 6.45) is 2.12. The van der Waals surface area contributed by atoms with Gasteiger partial charge in [0.15, 0.2) is 5.96 Å². The molecule has 124 valence electrons. The highest BCUT2D eigenvalue weighted by atomic mass is 32.2. The van der Waals surface area contributed by atoms with Crippen molar-refractivity contribution in [1.82, 2.24) is 15.5 Å². The highest BCUT2D eigenvalue weighted by Gasteiger charge is 1.98. The van der Waals surface area contributed by atoms with E-state index < -0.39 is 0 Å². The molecule has 0 heterocycles. The second-order valence-electron chi connectivity index (χ2n) is 5.24. The molecule has 2 N–H and O–H groups in total. The summed E-state index contributed by atoms with van der Waals surface area (Å²) >= 11 is 1.74. The van der Waals surface area contributed by atoms with Gasteiger partial charge in [-0.25, -0.2) is 4.39 Å². The third kappa shape index (κ3) is 8.89. The van der Waals surface area contributed by atoms with Crippen molar-refractivity contribution in [1.29, 1.82) is 0 Å². The van der Waals surface area contributed by atoms with Crippen molar-refractivity contribution in [3.63, 3.8) is 0 Å². The number of guanidine groups is 1. The summed E-state index contributed by atoms with van der Waals surface area (Å²) in [5, 5.41) is 6.61. The Morgan fingerprint density at radius 3 is 2.36 bits per heavy atom. The van der Waals surface area contributed by atoms with Crippen LogP contribution in [0.4, 0.5) is 4.39 Å². The van der Waals surface area contributed by atoms with Crippen molar-refractivity contribution in [2.75, 3.05) is 46.5 Å². The molecule has 0 aliphatic heterocycles. The molecule has 0 aromatic heterocycles. The number of thioether (sulfide) groups is 1. The van der Waals surface area contributed by atoms with Gasteiger partial charge in [-0.3, -0.25) is 4.99 Å². The van der Waals surface area contributed by atoms with E-state index in [0.29, 0.717) is 0 Å². The van der Waals surface area contributed by atoms with Crippen LogP contribution in [0.3, 0.4) is 0 Å². The quantitative estimate of drug-likeness (QED) is 0.316. The minimum absolute atomic E-state index is 0.185. The van der Waals surface area contributed by atoms with Crippen LogP contribution in [0.25, 0.3) is 0 Å². The van der Waals surface area contributed by atoms with Gasteiger partial charge < -0.3 is 15.5 Å². The number of aliphatic imine (C=N–C) groups is 1. The van der Waals surface area contributed by atoms with Crippen LogP contribution in [0.1, 0.15) is 12.8 Å². The van der Waals surface area contributed by atoms with Gasteiger partial charge >= 0.3 is 0 Å². The molecular weight excluding hydrogens is 299 g/mol. The fourth-order valence-corrected chi connectivity index (χ4v) is 2.68. The van der Waals surface area contributed by atoms with Gasteiger partial charge in [0.1, 0.15) is 5.82 Å². The zero-order valence-corrected chi connectivity index (χ0v) is 14.5. The van der Waals surface area contributed by atoms with E-state index in [4.69, 9.17) is 0 Å². The molecule has 0 radical (unpaired) electrons. The van der Waals surface area contributed by atoms with Gasteiger partial charge in [-0.05, 0) is 63.5 Å². The molecule has 1 rings (SSSR count). The number of hydrogen-bond donors (Lipinski definition) is 2. The van der Waals surface area contributed by atoms with Crippen molar-refractivity contribution < 1.29 is 4.39 Å². The number of rotatable bonds is 9. The molecule has 0 atom stereocenters. The fraction of sp³-hybridized carbons (Fsp3) is 0.562. The molecule has 0 spiro atoms. The summed E-state index contributed by atoms with van der Waals surface area (Å²) in [7, 11) is 5.94. The normalized spacial score (nSPS) is 11.8. The predicted octanol–water partition coefficient (Wildman–Crippen LogP) is 2.42. The first-order chi connectivity index (χ1) is 10.6. The average molecular weight is 326 g/mol. The number of benzene rings is 1. The topological polar surface area (TPSA) is 39.7 Å². The Morgan fingerprint density at radius 2 is 1.77 bits per heavy atom. The van der Waals surface area contributed by atoms with Gasteiger partial charge in [0.25, 0.3) is 0 Å². The fourth-order valence-electron chi connectivity index (χ4n) is 1.82. The molecule has 6 heteroatoms. The average Bonchev–Trinajstić information content (AvgIpc) is 2.50. The summed E-state index contributed by atoms with van der Waals surface area (Å²) < 4.78 is 12.8. The Morgan fingerprint density at radius 1 is 1.14 bits per heavy atom. The first kappa shape index (κ1) is 18.8. The van der Waals surface area contributed by atoms with E-state index in [1.165, 1.54) is 12.1 Å². The third-order valence-corrected chi connectivity index (χ3v) is 4.09. The number of hydrogen-bond acceptors (Lipinski definition) is 3. The smallest absolute Gasteiger partial charge is 0.190 e. The van der Waals surface area contributed by atoms with E-state index >= 15 is 0 Å². The van der Waals surface area contributed by atoms with Crippen molar-refractivity contribution in [3.05, 3.63) is 30.1 Å². The lowest BCUT2D eigenvalue weighted by molar-refractivity contribution is 0.399. The number of nitrogens with one attached hydrogen (secondary N) is 2. The van der Waals surface area contributed by atoms with Gasteiger partial charge in [0.2, 0.25) is 0 Å². The molecule has 1 aromatic carbocycles. The van der Waals surface area contributed by atoms with Crippen molar-refractivity contribution in [3.8, 4) is 0 Å². The first-order valence-corrected chi connectivity index (χ1v) is 8.58. The highest BCUT2D eigenvalue weighted by molar-refractivity contribution is 7.99. The maximum Gasteiger partial charge on any atom is 0.190 e. The lowest BCUT2D eigenvalue weighted by Gasteiger charge is -2.13. The molecule has 0 amide bonds. The van der Waals surface area contributed by atoms with Crippen LogP contribution >= 0.6 is 11.8 Å². The second kappa shape index (κ2) is 11.3. The Labute approximate surface area is 137 Å². The van der Waals surface area contributed by atoms with Crippen molar-refractivity contribution in [2.24, 2.45) is 4.99 Å². The predicted molar refractivity (Wildman–Crippen MR) is 94.3 cm³/mol. The second-order valence-corrected chi connectivity index (χ2v) is 6.41. The minimum atomic E-state index is -0.185. The molecule has 0 saturated heterocycles. The molecule has 0 saturated carbocycles. The summed E-state index contributed by atoms with van der Waals surface area (Å²) in [6.45, 7) is 2.86. The van der Waals surface area contributed by atoms with Crippen molar-refractivity contribution in [2.45, 2.75) is 17.7 Å². The Bertz CT molecular complexity index is 434. The maximum absolute atomic E-state index is 12.8. The summed E-state index contributed by atoms with van der Waals surface area (Å²) in [5.74, 6) is 1.66. The molecule has 0 aliphatic carbocycles. The number of nitrogens with zero attached hydrogens (tertiary/aromatic N) is 2. The van der Waals surface area contributed by atoms with Crippen molar-refractivity contribution >= 4 is 17.7 Å². The van der Waals surface area contributed by atoms with Crippen LogP contribution < -0.4 is 10.6 Å². The van der Waals surface area contributed by atoms with Crippen LogP contribution in [0.15, 0.2) is 34.2 Å².